The van der Waals surface area contributed by atoms with Gasteiger partial charge in [0.15, 0.2) is 0 Å². The summed E-state index contributed by atoms with van der Waals surface area (Å²) in [4.78, 5) is 51.3. The number of aromatic carboxylic acids is 1. The molecule has 0 fully saturated rings. The molecule has 0 aliphatic heterocycles. The molecule has 1 unspecified atom stereocenters. The first kappa shape index (κ1) is 29.1. The van der Waals surface area contributed by atoms with Gasteiger partial charge in [0.05, 0.1) is 18.2 Å². The number of hydrogen-bond donors (Lipinski definition) is 2. The Labute approximate surface area is 237 Å². The normalized spacial score (nSPS) is 11.6. The molecular weight excluding hydrogens is 560 g/mol. The molecule has 0 aliphatic carbocycles. The van der Waals surface area contributed by atoms with Crippen LogP contribution >= 0.6 is 11.6 Å². The van der Waals surface area contributed by atoms with E-state index in [-0.39, 0.29) is 34.7 Å². The molecule has 9 nitrogen and oxygen atoms in total. The maximum absolute atomic E-state index is 13.8. The lowest BCUT2D eigenvalue weighted by Gasteiger charge is -2.22. The Balaban J connectivity index is 1.90. The van der Waals surface area contributed by atoms with Crippen LogP contribution in [0.3, 0.4) is 0 Å². The van der Waals surface area contributed by atoms with E-state index in [9.17, 15) is 28.0 Å². The van der Waals surface area contributed by atoms with E-state index >= 15 is 0 Å². The molecule has 0 spiro atoms. The van der Waals surface area contributed by atoms with Crippen LogP contribution in [-0.2, 0) is 11.2 Å². The van der Waals surface area contributed by atoms with Crippen molar-refractivity contribution in [3.05, 3.63) is 111 Å². The molecule has 0 radical (unpaired) electrons. The number of ketones is 1. The molecule has 1 aromatic heterocycles. The van der Waals surface area contributed by atoms with Crippen LogP contribution in [0.2, 0.25) is 5.02 Å². The number of aromatic nitrogens is 2. The first-order valence-electron chi connectivity index (χ1n) is 12.1. The molecule has 4 aromatic rings. The SMILES string of the molecule is COc1nn(C(Cc2cccc(Cl)c2)C(=O)Nc2ccc(C(=O)O)cc2)c(=O)c(C(=O)C(F)F)c1-c1ccccc1. The molecule has 210 valence electrons. The number of nitrogens with one attached hydrogen (secondary N) is 1. The maximum Gasteiger partial charge on any atom is 0.335 e. The van der Waals surface area contributed by atoms with E-state index in [2.05, 4.69) is 10.4 Å². The van der Waals surface area contributed by atoms with Crippen molar-refractivity contribution >= 4 is 34.9 Å². The van der Waals surface area contributed by atoms with Gasteiger partial charge in [0, 0.05) is 17.1 Å². The highest BCUT2D eigenvalue weighted by Gasteiger charge is 2.33. The minimum absolute atomic E-state index is 0.0206. The molecule has 1 heterocycles. The largest absolute Gasteiger partial charge is 0.480 e. The second-order valence-electron chi connectivity index (χ2n) is 8.76. The van der Waals surface area contributed by atoms with Gasteiger partial charge in [-0.1, -0.05) is 54.1 Å². The highest BCUT2D eigenvalue weighted by atomic mass is 35.5. The molecule has 2 N–H and O–H groups in total. The first-order valence-corrected chi connectivity index (χ1v) is 12.5. The van der Waals surface area contributed by atoms with E-state index in [1.165, 1.54) is 43.5 Å². The topological polar surface area (TPSA) is 128 Å². The molecule has 0 saturated heterocycles. The fourth-order valence-electron chi connectivity index (χ4n) is 4.19. The molecule has 0 aliphatic rings. The third-order valence-corrected chi connectivity index (χ3v) is 6.34. The number of nitrogens with zero attached hydrogens (tertiary/aromatic N) is 2. The first-order chi connectivity index (χ1) is 19.6. The van der Waals surface area contributed by atoms with Crippen molar-refractivity contribution in [3.8, 4) is 17.0 Å². The second-order valence-corrected chi connectivity index (χ2v) is 9.20. The standard InChI is InChI=1S/C29H22ClF2N3O6/c1-41-27-22(17-7-3-2-4-8-17)23(24(36)25(31)32)28(38)35(34-27)21(15-16-6-5-9-19(30)14-16)26(37)33-20-12-10-18(11-13-20)29(39)40/h2-14,21,25H,15H2,1H3,(H,33,37)(H,39,40). The lowest BCUT2D eigenvalue weighted by atomic mass is 9.98. The van der Waals surface area contributed by atoms with Crippen LogP contribution in [0, 0.1) is 0 Å². The Kier molecular flexibility index (Phi) is 8.88. The number of amides is 1. The Morgan fingerprint density at radius 1 is 1.02 bits per heavy atom. The number of hydrogen-bond acceptors (Lipinski definition) is 6. The lowest BCUT2D eigenvalue weighted by molar-refractivity contribution is -0.119. The number of carboxylic acid groups (broad SMARTS) is 1. The molecule has 41 heavy (non-hydrogen) atoms. The number of rotatable bonds is 10. The molecule has 1 amide bonds. The van der Waals surface area contributed by atoms with Crippen molar-refractivity contribution in [2.24, 2.45) is 0 Å². The zero-order valence-corrected chi connectivity index (χ0v) is 22.1. The Morgan fingerprint density at radius 3 is 2.29 bits per heavy atom. The molecule has 3 aromatic carbocycles. The van der Waals surface area contributed by atoms with Crippen LogP contribution in [0.4, 0.5) is 14.5 Å². The summed E-state index contributed by atoms with van der Waals surface area (Å²) >= 11 is 6.11. The molecule has 0 saturated carbocycles. The van der Waals surface area contributed by atoms with Crippen molar-refractivity contribution in [2.75, 3.05) is 12.4 Å². The summed E-state index contributed by atoms with van der Waals surface area (Å²) in [6, 6.07) is 18.0. The van der Waals surface area contributed by atoms with E-state index in [0.29, 0.717) is 15.3 Å². The number of Topliss-reactive ketones (excluding diaryl/α,β-unsaturated/α-hetero) is 1. The van der Waals surface area contributed by atoms with E-state index in [4.69, 9.17) is 21.4 Å². The number of ether oxygens (including phenoxy) is 1. The van der Waals surface area contributed by atoms with Gasteiger partial charge in [-0.3, -0.25) is 14.4 Å². The maximum atomic E-state index is 13.8. The van der Waals surface area contributed by atoms with E-state index < -0.39 is 41.2 Å². The average molecular weight is 582 g/mol. The van der Waals surface area contributed by atoms with Gasteiger partial charge in [-0.15, -0.1) is 5.10 Å². The molecule has 4 rings (SSSR count). The monoisotopic (exact) mass is 581 g/mol. The summed E-state index contributed by atoms with van der Waals surface area (Å²) in [5.41, 5.74) is -1.43. The number of methoxy groups -OCH3 is 1. The summed E-state index contributed by atoms with van der Waals surface area (Å²) in [7, 11) is 1.19. The van der Waals surface area contributed by atoms with Gasteiger partial charge >= 0.3 is 12.4 Å². The Hall–Kier alpha value is -4.90. The van der Waals surface area contributed by atoms with E-state index in [1.807, 2.05) is 0 Å². The van der Waals surface area contributed by atoms with Gasteiger partial charge in [0.1, 0.15) is 11.6 Å². The molecule has 0 bridgehead atoms. The van der Waals surface area contributed by atoms with Gasteiger partial charge in [0.25, 0.3) is 5.56 Å². The van der Waals surface area contributed by atoms with Crippen LogP contribution in [0.25, 0.3) is 11.1 Å². The number of halogens is 3. The highest BCUT2D eigenvalue weighted by Crippen LogP contribution is 2.32. The van der Waals surface area contributed by atoms with Crippen LogP contribution < -0.4 is 15.6 Å². The summed E-state index contributed by atoms with van der Waals surface area (Å²) in [5, 5.41) is 16.3. The van der Waals surface area contributed by atoms with Crippen LogP contribution in [0.5, 0.6) is 5.88 Å². The van der Waals surface area contributed by atoms with Crippen molar-refractivity contribution in [1.82, 2.24) is 9.78 Å². The second kappa shape index (κ2) is 12.5. The minimum Gasteiger partial charge on any atom is -0.480 e. The number of anilines is 1. The van der Waals surface area contributed by atoms with Gasteiger partial charge < -0.3 is 15.2 Å². The predicted octanol–water partition coefficient (Wildman–Crippen LogP) is 5.14. The smallest absolute Gasteiger partial charge is 0.335 e. The number of benzene rings is 3. The zero-order valence-electron chi connectivity index (χ0n) is 21.4. The number of carbonyl (C=O) groups excluding carboxylic acids is 2. The molecule has 12 heteroatoms. The number of carbonyl (C=O) groups is 3. The predicted molar refractivity (Wildman–Crippen MR) is 147 cm³/mol. The quantitative estimate of drug-likeness (QED) is 0.248. The molecule has 1 atom stereocenters. The van der Waals surface area contributed by atoms with Crippen molar-refractivity contribution < 1.29 is 33.0 Å². The van der Waals surface area contributed by atoms with Gasteiger partial charge in [-0.2, -0.15) is 0 Å². The number of carboxylic acids is 1. The zero-order chi connectivity index (χ0) is 29.7. The lowest BCUT2D eigenvalue weighted by Crippen LogP contribution is -2.40. The van der Waals surface area contributed by atoms with Crippen LogP contribution in [-0.4, -0.2) is 46.1 Å². The van der Waals surface area contributed by atoms with Crippen molar-refractivity contribution in [1.29, 1.82) is 0 Å². The Morgan fingerprint density at radius 2 is 1.71 bits per heavy atom. The average Bonchev–Trinajstić information content (AvgIpc) is 2.96. The van der Waals surface area contributed by atoms with Crippen LogP contribution in [0.1, 0.15) is 32.3 Å². The fraction of sp³-hybridized carbons (Fsp3) is 0.138. The summed E-state index contributed by atoms with van der Waals surface area (Å²) in [6.45, 7) is 0. The minimum atomic E-state index is -3.53. The summed E-state index contributed by atoms with van der Waals surface area (Å²) < 4.78 is 33.6. The van der Waals surface area contributed by atoms with E-state index in [1.54, 1.807) is 42.5 Å². The Bertz CT molecular complexity index is 1660. The van der Waals surface area contributed by atoms with Crippen molar-refractivity contribution in [3.63, 3.8) is 0 Å². The van der Waals surface area contributed by atoms with Gasteiger partial charge in [-0.05, 0) is 47.5 Å². The van der Waals surface area contributed by atoms with Gasteiger partial charge in [-0.25, -0.2) is 18.3 Å². The third kappa shape index (κ3) is 6.47. The fourth-order valence-corrected chi connectivity index (χ4v) is 4.40. The number of alkyl halides is 2. The van der Waals surface area contributed by atoms with Crippen LogP contribution in [0.15, 0.2) is 83.7 Å². The van der Waals surface area contributed by atoms with Crippen molar-refractivity contribution in [2.45, 2.75) is 18.9 Å². The van der Waals surface area contributed by atoms with Gasteiger partial charge in [0.2, 0.25) is 17.6 Å². The summed E-state index contributed by atoms with van der Waals surface area (Å²) in [6.07, 6.45) is -3.71. The third-order valence-electron chi connectivity index (χ3n) is 6.10. The molecular formula is C29H22ClF2N3O6. The summed E-state index contributed by atoms with van der Waals surface area (Å²) in [5.74, 6) is -4.05. The highest BCUT2D eigenvalue weighted by molar-refractivity contribution is 6.30. The van der Waals surface area contributed by atoms with E-state index in [0.717, 1.165) is 0 Å².